The number of aliphatic imine (C=N–C) groups is 1. The van der Waals surface area contributed by atoms with Crippen LogP contribution >= 0.6 is 0 Å². The number of nitrogens with one attached hydrogen (secondary N) is 1. The summed E-state index contributed by atoms with van der Waals surface area (Å²) in [6.07, 6.45) is 0. The first-order valence-electron chi connectivity index (χ1n) is 5.85. The Kier molecular flexibility index (Phi) is 5.66. The number of guanidine groups is 1. The SMILES string of the molecule is COC(=O)C(C)CN=C(N)Nc1ccc(OC)cc1. The van der Waals surface area contributed by atoms with Crippen LogP contribution < -0.4 is 15.8 Å². The molecule has 0 saturated heterocycles. The van der Waals surface area contributed by atoms with Crippen molar-refractivity contribution < 1.29 is 14.3 Å². The Labute approximate surface area is 112 Å². The lowest BCUT2D eigenvalue weighted by Crippen LogP contribution is -2.25. The zero-order valence-corrected chi connectivity index (χ0v) is 11.3. The molecule has 0 spiro atoms. The maximum Gasteiger partial charge on any atom is 0.310 e. The van der Waals surface area contributed by atoms with Gasteiger partial charge in [-0.05, 0) is 24.3 Å². The van der Waals surface area contributed by atoms with Gasteiger partial charge in [0, 0.05) is 5.69 Å². The zero-order chi connectivity index (χ0) is 14.3. The molecule has 0 aliphatic heterocycles. The Bertz CT molecular complexity index is 443. The van der Waals surface area contributed by atoms with E-state index in [0.717, 1.165) is 11.4 Å². The van der Waals surface area contributed by atoms with Crippen molar-refractivity contribution >= 4 is 17.6 Å². The van der Waals surface area contributed by atoms with E-state index in [0.29, 0.717) is 0 Å². The second-order valence-electron chi connectivity index (χ2n) is 4.00. The van der Waals surface area contributed by atoms with Crippen LogP contribution in [0.3, 0.4) is 0 Å². The number of rotatable bonds is 5. The smallest absolute Gasteiger partial charge is 0.310 e. The first-order chi connectivity index (χ1) is 9.06. The quantitative estimate of drug-likeness (QED) is 0.475. The fourth-order valence-electron chi connectivity index (χ4n) is 1.37. The molecule has 0 saturated carbocycles. The molecule has 1 aromatic rings. The molecule has 6 heteroatoms. The normalized spacial score (nSPS) is 12.7. The minimum atomic E-state index is -0.318. The predicted molar refractivity (Wildman–Crippen MR) is 74.3 cm³/mol. The van der Waals surface area contributed by atoms with Crippen molar-refractivity contribution in [3.63, 3.8) is 0 Å². The molecule has 0 aliphatic rings. The van der Waals surface area contributed by atoms with Gasteiger partial charge in [0.2, 0.25) is 0 Å². The number of anilines is 1. The van der Waals surface area contributed by atoms with Gasteiger partial charge in [0.1, 0.15) is 5.75 Å². The number of carbonyl (C=O) groups is 1. The van der Waals surface area contributed by atoms with E-state index in [4.69, 9.17) is 10.5 Å². The van der Waals surface area contributed by atoms with E-state index >= 15 is 0 Å². The van der Waals surface area contributed by atoms with Gasteiger partial charge in [0.25, 0.3) is 0 Å². The molecule has 0 amide bonds. The van der Waals surface area contributed by atoms with Crippen LogP contribution in [-0.2, 0) is 9.53 Å². The second-order valence-corrected chi connectivity index (χ2v) is 4.00. The molecule has 0 heterocycles. The summed E-state index contributed by atoms with van der Waals surface area (Å²) in [5.41, 5.74) is 6.52. The highest BCUT2D eigenvalue weighted by Gasteiger charge is 2.11. The number of nitrogens with zero attached hydrogens (tertiary/aromatic N) is 1. The van der Waals surface area contributed by atoms with E-state index in [-0.39, 0.29) is 24.4 Å². The maximum absolute atomic E-state index is 11.2. The predicted octanol–water partition coefficient (Wildman–Crippen LogP) is 1.23. The van der Waals surface area contributed by atoms with Crippen LogP contribution in [0.2, 0.25) is 0 Å². The number of esters is 1. The lowest BCUT2D eigenvalue weighted by atomic mass is 10.2. The Balaban J connectivity index is 2.53. The minimum Gasteiger partial charge on any atom is -0.497 e. The monoisotopic (exact) mass is 265 g/mol. The molecule has 1 unspecified atom stereocenters. The summed E-state index contributed by atoms with van der Waals surface area (Å²) in [7, 11) is 2.95. The van der Waals surface area contributed by atoms with Crippen molar-refractivity contribution in [3.8, 4) is 5.75 Å². The van der Waals surface area contributed by atoms with E-state index in [1.807, 2.05) is 24.3 Å². The van der Waals surface area contributed by atoms with Crippen LogP contribution in [0.1, 0.15) is 6.92 Å². The summed E-state index contributed by atoms with van der Waals surface area (Å²) < 4.78 is 9.66. The Morgan fingerprint density at radius 2 is 2.00 bits per heavy atom. The molecule has 1 atom stereocenters. The average molecular weight is 265 g/mol. The molecule has 19 heavy (non-hydrogen) atoms. The highest BCUT2D eigenvalue weighted by Crippen LogP contribution is 2.14. The molecular formula is C13H19N3O3. The van der Waals surface area contributed by atoms with Crippen LogP contribution in [0.4, 0.5) is 5.69 Å². The summed E-state index contributed by atoms with van der Waals surface area (Å²) in [5.74, 6) is 0.392. The molecule has 0 aliphatic carbocycles. The summed E-state index contributed by atoms with van der Waals surface area (Å²) in [4.78, 5) is 15.3. The number of nitrogens with two attached hydrogens (primary N) is 1. The van der Waals surface area contributed by atoms with E-state index in [1.165, 1.54) is 7.11 Å². The van der Waals surface area contributed by atoms with Crippen LogP contribution in [0.15, 0.2) is 29.3 Å². The van der Waals surface area contributed by atoms with Crippen LogP contribution in [-0.4, -0.2) is 32.7 Å². The number of hydrogen-bond donors (Lipinski definition) is 2. The van der Waals surface area contributed by atoms with Gasteiger partial charge in [-0.2, -0.15) is 0 Å². The molecule has 0 aromatic heterocycles. The van der Waals surface area contributed by atoms with Crippen molar-refractivity contribution in [3.05, 3.63) is 24.3 Å². The topological polar surface area (TPSA) is 85.9 Å². The third kappa shape index (κ3) is 4.87. The number of hydrogen-bond acceptors (Lipinski definition) is 4. The molecule has 3 N–H and O–H groups in total. The van der Waals surface area contributed by atoms with Gasteiger partial charge in [-0.15, -0.1) is 0 Å². The van der Waals surface area contributed by atoms with Gasteiger partial charge in [0.15, 0.2) is 5.96 Å². The number of benzene rings is 1. The lowest BCUT2D eigenvalue weighted by molar-refractivity contribution is -0.144. The van der Waals surface area contributed by atoms with Gasteiger partial charge in [-0.25, -0.2) is 0 Å². The largest absolute Gasteiger partial charge is 0.497 e. The summed E-state index contributed by atoms with van der Waals surface area (Å²) in [6, 6.07) is 7.27. The Morgan fingerprint density at radius 1 is 1.37 bits per heavy atom. The average Bonchev–Trinajstić information content (AvgIpc) is 2.44. The summed E-state index contributed by atoms with van der Waals surface area (Å²) in [5, 5.41) is 2.93. The molecule has 104 valence electrons. The third-order valence-corrected chi connectivity index (χ3v) is 2.50. The lowest BCUT2D eigenvalue weighted by Gasteiger charge is -2.08. The fraction of sp³-hybridized carbons (Fsp3) is 0.385. The summed E-state index contributed by atoms with van der Waals surface area (Å²) >= 11 is 0. The van der Waals surface area contributed by atoms with Crippen molar-refractivity contribution in [2.24, 2.45) is 16.6 Å². The minimum absolute atomic E-state index is 0.251. The van der Waals surface area contributed by atoms with E-state index in [9.17, 15) is 4.79 Å². The molecule has 0 bridgehead atoms. The van der Waals surface area contributed by atoms with Gasteiger partial charge >= 0.3 is 5.97 Å². The van der Waals surface area contributed by atoms with E-state index in [2.05, 4.69) is 15.0 Å². The second kappa shape index (κ2) is 7.25. The van der Waals surface area contributed by atoms with Crippen molar-refractivity contribution in [2.45, 2.75) is 6.92 Å². The van der Waals surface area contributed by atoms with Gasteiger partial charge in [-0.1, -0.05) is 6.92 Å². The maximum atomic E-state index is 11.2. The molecule has 1 rings (SSSR count). The first kappa shape index (κ1) is 14.8. The first-order valence-corrected chi connectivity index (χ1v) is 5.85. The van der Waals surface area contributed by atoms with Crippen molar-refractivity contribution in [1.29, 1.82) is 0 Å². The molecular weight excluding hydrogens is 246 g/mol. The van der Waals surface area contributed by atoms with Gasteiger partial charge < -0.3 is 20.5 Å². The molecule has 6 nitrogen and oxygen atoms in total. The molecule has 1 aromatic carbocycles. The van der Waals surface area contributed by atoms with Crippen LogP contribution in [0.5, 0.6) is 5.75 Å². The number of ether oxygens (including phenoxy) is 2. The highest BCUT2D eigenvalue weighted by atomic mass is 16.5. The van der Waals surface area contributed by atoms with Crippen molar-refractivity contribution in [2.75, 3.05) is 26.1 Å². The van der Waals surface area contributed by atoms with Crippen LogP contribution in [0.25, 0.3) is 0 Å². The van der Waals surface area contributed by atoms with E-state index in [1.54, 1.807) is 14.0 Å². The van der Waals surface area contributed by atoms with Crippen LogP contribution in [0, 0.1) is 5.92 Å². The van der Waals surface area contributed by atoms with Crippen molar-refractivity contribution in [1.82, 2.24) is 0 Å². The van der Waals surface area contributed by atoms with Gasteiger partial charge in [-0.3, -0.25) is 9.79 Å². The Morgan fingerprint density at radius 3 is 2.53 bits per heavy atom. The summed E-state index contributed by atoms with van der Waals surface area (Å²) in [6.45, 7) is 2.01. The van der Waals surface area contributed by atoms with E-state index < -0.39 is 0 Å². The third-order valence-electron chi connectivity index (χ3n) is 2.50. The molecule has 0 fully saturated rings. The molecule has 0 radical (unpaired) electrons. The Hall–Kier alpha value is -2.24. The van der Waals surface area contributed by atoms with Gasteiger partial charge in [0.05, 0.1) is 26.7 Å². The highest BCUT2D eigenvalue weighted by molar-refractivity contribution is 5.92. The standard InChI is InChI=1S/C13H19N3O3/c1-9(12(17)19-3)8-15-13(14)16-10-4-6-11(18-2)7-5-10/h4-7,9H,8H2,1-3H3,(H3,14,15,16). The number of carbonyl (C=O) groups excluding carboxylic acids is 1. The zero-order valence-electron chi connectivity index (χ0n) is 11.3. The fourth-order valence-corrected chi connectivity index (χ4v) is 1.37. The number of methoxy groups -OCH3 is 2.